The molecule has 0 saturated carbocycles. The molecule has 1 aromatic carbocycles. The van der Waals surface area contributed by atoms with Crippen LogP contribution in [0.2, 0.25) is 0 Å². The van der Waals surface area contributed by atoms with E-state index in [-0.39, 0.29) is 11.8 Å². The molecule has 1 saturated heterocycles. The molecule has 0 bridgehead atoms. The average molecular weight is 304 g/mol. The van der Waals surface area contributed by atoms with Crippen molar-refractivity contribution in [2.75, 3.05) is 52.6 Å². The minimum Gasteiger partial charge on any atom is -0.399 e. The molecule has 2 amide bonds. The highest BCUT2D eigenvalue weighted by Crippen LogP contribution is 2.16. The van der Waals surface area contributed by atoms with Crippen molar-refractivity contribution in [2.45, 2.75) is 6.92 Å². The number of anilines is 1. The molecule has 120 valence electrons. The van der Waals surface area contributed by atoms with Crippen molar-refractivity contribution in [3.8, 4) is 0 Å². The summed E-state index contributed by atoms with van der Waals surface area (Å²) in [6, 6.07) is 4.88. The number of benzene rings is 1. The molecular weight excluding hydrogens is 280 g/mol. The lowest BCUT2D eigenvalue weighted by Crippen LogP contribution is -2.48. The summed E-state index contributed by atoms with van der Waals surface area (Å²) in [7, 11) is 3.36. The molecule has 2 N–H and O–H groups in total. The third-order valence-corrected chi connectivity index (χ3v) is 3.96. The number of nitrogen functional groups attached to an aromatic ring is 1. The van der Waals surface area contributed by atoms with Gasteiger partial charge in [0.25, 0.3) is 11.8 Å². The van der Waals surface area contributed by atoms with E-state index in [4.69, 9.17) is 5.73 Å². The largest absolute Gasteiger partial charge is 0.399 e. The van der Waals surface area contributed by atoms with E-state index in [1.54, 1.807) is 32.3 Å². The fraction of sp³-hybridized carbons (Fsp3) is 0.500. The van der Waals surface area contributed by atoms with Crippen molar-refractivity contribution in [2.24, 2.45) is 0 Å². The van der Waals surface area contributed by atoms with Crippen molar-refractivity contribution in [1.82, 2.24) is 14.7 Å². The molecule has 0 radical (unpaired) electrons. The van der Waals surface area contributed by atoms with Crippen molar-refractivity contribution in [3.63, 3.8) is 0 Å². The maximum absolute atomic E-state index is 12.6. The molecule has 6 nitrogen and oxygen atoms in total. The summed E-state index contributed by atoms with van der Waals surface area (Å²) in [5, 5.41) is 0. The van der Waals surface area contributed by atoms with E-state index in [0.717, 1.165) is 19.6 Å². The van der Waals surface area contributed by atoms with Crippen LogP contribution >= 0.6 is 0 Å². The topological polar surface area (TPSA) is 69.9 Å². The number of carbonyl (C=O) groups is 2. The second-order valence-corrected chi connectivity index (χ2v) is 5.77. The van der Waals surface area contributed by atoms with Crippen LogP contribution in [0.25, 0.3) is 0 Å². The number of piperazine rings is 1. The first-order valence-corrected chi connectivity index (χ1v) is 7.56. The monoisotopic (exact) mass is 304 g/mol. The summed E-state index contributed by atoms with van der Waals surface area (Å²) in [6.45, 7) is 6.30. The molecule has 22 heavy (non-hydrogen) atoms. The van der Waals surface area contributed by atoms with Gasteiger partial charge in [0.1, 0.15) is 0 Å². The van der Waals surface area contributed by atoms with Gasteiger partial charge in [-0.25, -0.2) is 0 Å². The van der Waals surface area contributed by atoms with E-state index >= 15 is 0 Å². The highest BCUT2D eigenvalue weighted by Gasteiger charge is 2.22. The van der Waals surface area contributed by atoms with Gasteiger partial charge in [0, 0.05) is 57.1 Å². The normalized spacial score (nSPS) is 15.7. The molecule has 2 rings (SSSR count). The Labute approximate surface area is 131 Å². The summed E-state index contributed by atoms with van der Waals surface area (Å²) < 4.78 is 0. The van der Waals surface area contributed by atoms with E-state index in [0.29, 0.717) is 29.9 Å². The van der Waals surface area contributed by atoms with Crippen LogP contribution in [-0.2, 0) is 0 Å². The van der Waals surface area contributed by atoms with Gasteiger partial charge in [-0.3, -0.25) is 9.59 Å². The van der Waals surface area contributed by atoms with Crippen LogP contribution in [0.4, 0.5) is 5.69 Å². The van der Waals surface area contributed by atoms with Crippen molar-refractivity contribution in [3.05, 3.63) is 29.3 Å². The zero-order valence-electron chi connectivity index (χ0n) is 13.5. The van der Waals surface area contributed by atoms with Crippen LogP contribution in [0.3, 0.4) is 0 Å². The fourth-order valence-electron chi connectivity index (χ4n) is 2.61. The molecule has 1 aromatic rings. The highest BCUT2D eigenvalue weighted by molar-refractivity contribution is 6.00. The van der Waals surface area contributed by atoms with Crippen LogP contribution in [0, 0.1) is 0 Å². The van der Waals surface area contributed by atoms with Gasteiger partial charge in [-0.05, 0) is 24.7 Å². The van der Waals surface area contributed by atoms with E-state index < -0.39 is 0 Å². The number of carbonyl (C=O) groups excluding carboxylic acids is 2. The summed E-state index contributed by atoms with van der Waals surface area (Å²) >= 11 is 0. The smallest absolute Gasteiger partial charge is 0.254 e. The summed E-state index contributed by atoms with van der Waals surface area (Å²) in [4.78, 5) is 30.3. The number of likely N-dealkylation sites (N-methyl/N-ethyl adjacent to an activating group) is 1. The van der Waals surface area contributed by atoms with Crippen LogP contribution in [0.15, 0.2) is 18.2 Å². The first-order chi connectivity index (χ1) is 10.4. The van der Waals surface area contributed by atoms with Crippen LogP contribution in [-0.4, -0.2) is 73.3 Å². The summed E-state index contributed by atoms with van der Waals surface area (Å²) in [6.07, 6.45) is 0. The van der Waals surface area contributed by atoms with E-state index in [1.807, 2.05) is 4.90 Å². The van der Waals surface area contributed by atoms with Crippen LogP contribution < -0.4 is 5.73 Å². The van der Waals surface area contributed by atoms with Gasteiger partial charge in [-0.1, -0.05) is 6.92 Å². The van der Waals surface area contributed by atoms with E-state index in [1.165, 1.54) is 4.90 Å². The van der Waals surface area contributed by atoms with Gasteiger partial charge in [0.15, 0.2) is 0 Å². The number of hydrogen-bond donors (Lipinski definition) is 1. The van der Waals surface area contributed by atoms with Gasteiger partial charge in [-0.15, -0.1) is 0 Å². The zero-order valence-corrected chi connectivity index (χ0v) is 13.5. The number of nitrogens with two attached hydrogens (primary N) is 1. The van der Waals surface area contributed by atoms with Gasteiger partial charge >= 0.3 is 0 Å². The first-order valence-electron chi connectivity index (χ1n) is 7.56. The van der Waals surface area contributed by atoms with E-state index in [9.17, 15) is 9.59 Å². The lowest BCUT2D eigenvalue weighted by Gasteiger charge is -2.34. The number of nitrogens with zero attached hydrogens (tertiary/aromatic N) is 3. The minimum atomic E-state index is -0.155. The maximum Gasteiger partial charge on any atom is 0.254 e. The van der Waals surface area contributed by atoms with E-state index in [2.05, 4.69) is 11.8 Å². The lowest BCUT2D eigenvalue weighted by molar-refractivity contribution is 0.0643. The molecule has 1 aliphatic rings. The molecular formula is C16H24N4O2. The zero-order chi connectivity index (χ0) is 16.3. The Balaban J connectivity index is 2.18. The first kappa shape index (κ1) is 16.3. The summed E-state index contributed by atoms with van der Waals surface area (Å²) in [5.41, 5.74) is 7.22. The number of rotatable bonds is 3. The molecule has 1 aliphatic heterocycles. The Hall–Kier alpha value is -2.08. The van der Waals surface area contributed by atoms with Crippen LogP contribution in [0.1, 0.15) is 27.6 Å². The Morgan fingerprint density at radius 3 is 2.23 bits per heavy atom. The molecule has 0 unspecified atom stereocenters. The highest BCUT2D eigenvalue weighted by atomic mass is 16.2. The Bertz CT molecular complexity index is 563. The Morgan fingerprint density at radius 1 is 1.09 bits per heavy atom. The average Bonchev–Trinajstić information content (AvgIpc) is 2.52. The molecule has 0 aromatic heterocycles. The van der Waals surface area contributed by atoms with Gasteiger partial charge in [-0.2, -0.15) is 0 Å². The molecule has 0 aliphatic carbocycles. The standard InChI is InChI=1S/C16H24N4O2/c1-4-19-5-7-20(8-6-19)16(22)13-9-12(10-14(17)11-13)15(21)18(2)3/h9-11H,4-8,17H2,1-3H3. The van der Waals surface area contributed by atoms with Crippen LogP contribution in [0.5, 0.6) is 0 Å². The predicted molar refractivity (Wildman–Crippen MR) is 86.9 cm³/mol. The minimum absolute atomic E-state index is 0.0594. The third kappa shape index (κ3) is 3.57. The molecule has 0 atom stereocenters. The van der Waals surface area contributed by atoms with Crippen molar-refractivity contribution >= 4 is 17.5 Å². The second-order valence-electron chi connectivity index (χ2n) is 5.77. The van der Waals surface area contributed by atoms with Gasteiger partial charge in [0.2, 0.25) is 0 Å². The molecule has 6 heteroatoms. The van der Waals surface area contributed by atoms with Crippen molar-refractivity contribution in [1.29, 1.82) is 0 Å². The second kappa shape index (κ2) is 6.79. The molecule has 1 heterocycles. The SMILES string of the molecule is CCN1CCN(C(=O)c2cc(N)cc(C(=O)N(C)C)c2)CC1. The van der Waals surface area contributed by atoms with Gasteiger partial charge in [0.05, 0.1) is 0 Å². The maximum atomic E-state index is 12.6. The Morgan fingerprint density at radius 2 is 1.68 bits per heavy atom. The third-order valence-electron chi connectivity index (χ3n) is 3.96. The summed E-state index contributed by atoms with van der Waals surface area (Å²) in [5.74, 6) is -0.215. The quantitative estimate of drug-likeness (QED) is 0.837. The Kier molecular flexibility index (Phi) is 5.03. The number of hydrogen-bond acceptors (Lipinski definition) is 4. The van der Waals surface area contributed by atoms with Gasteiger partial charge < -0.3 is 20.4 Å². The predicted octanol–water partition coefficient (Wildman–Crippen LogP) is 0.748. The number of amides is 2. The lowest BCUT2D eigenvalue weighted by atomic mass is 10.1. The molecule has 0 spiro atoms. The van der Waals surface area contributed by atoms with Crippen molar-refractivity contribution < 1.29 is 9.59 Å². The molecule has 1 fully saturated rings. The fourth-order valence-corrected chi connectivity index (χ4v) is 2.61.